The third-order valence-corrected chi connectivity index (χ3v) is 7.29. The number of rotatable bonds is 5. The molecule has 0 aromatic heterocycles. The monoisotopic (exact) mass is 379 g/mol. The highest BCUT2D eigenvalue weighted by molar-refractivity contribution is 5.89. The minimum Gasteiger partial charge on any atom is -0.378 e. The zero-order chi connectivity index (χ0) is 19.7. The predicted octanol–water partition coefficient (Wildman–Crippen LogP) is 2.16. The first-order chi connectivity index (χ1) is 12.8. The molecule has 1 saturated heterocycles. The first-order valence-electron chi connectivity index (χ1n) is 10.8. The number of hydrogen-bond donors (Lipinski definition) is 1. The van der Waals surface area contributed by atoms with Crippen LogP contribution in [0.2, 0.25) is 0 Å². The van der Waals surface area contributed by atoms with E-state index in [1.54, 1.807) is 0 Å². The SMILES string of the molecule is CCOC1CC(N)(C(=O)N2CCCN(C(=O)CC3CCCC3)CC2)C1(C)C. The van der Waals surface area contributed by atoms with Crippen molar-refractivity contribution in [1.29, 1.82) is 0 Å². The van der Waals surface area contributed by atoms with Gasteiger partial charge in [-0.15, -0.1) is 0 Å². The highest BCUT2D eigenvalue weighted by atomic mass is 16.5. The normalized spacial score (nSPS) is 31.5. The Labute approximate surface area is 163 Å². The Hall–Kier alpha value is -1.14. The lowest BCUT2D eigenvalue weighted by atomic mass is 9.54. The molecule has 3 rings (SSSR count). The summed E-state index contributed by atoms with van der Waals surface area (Å²) in [6.45, 7) is 9.32. The molecule has 2 N–H and O–H groups in total. The summed E-state index contributed by atoms with van der Waals surface area (Å²) in [6, 6.07) is 0. The lowest BCUT2D eigenvalue weighted by Crippen LogP contribution is -2.76. The van der Waals surface area contributed by atoms with Crippen LogP contribution in [-0.4, -0.2) is 66.0 Å². The van der Waals surface area contributed by atoms with Gasteiger partial charge < -0.3 is 20.3 Å². The second kappa shape index (κ2) is 8.08. The van der Waals surface area contributed by atoms with Crippen molar-refractivity contribution < 1.29 is 14.3 Å². The lowest BCUT2D eigenvalue weighted by Gasteiger charge is -2.58. The molecular weight excluding hydrogens is 342 g/mol. The molecular formula is C21H37N3O3. The van der Waals surface area contributed by atoms with Gasteiger partial charge in [0.25, 0.3) is 0 Å². The van der Waals surface area contributed by atoms with Crippen molar-refractivity contribution in [2.75, 3.05) is 32.8 Å². The molecule has 1 aliphatic heterocycles. The molecule has 0 spiro atoms. The average molecular weight is 380 g/mol. The van der Waals surface area contributed by atoms with Crippen LogP contribution in [0, 0.1) is 11.3 Å². The Morgan fingerprint density at radius 2 is 1.67 bits per heavy atom. The average Bonchev–Trinajstić information content (AvgIpc) is 3.02. The van der Waals surface area contributed by atoms with Crippen LogP contribution < -0.4 is 5.73 Å². The number of carbonyl (C=O) groups is 2. The fourth-order valence-corrected chi connectivity index (χ4v) is 5.04. The van der Waals surface area contributed by atoms with E-state index in [-0.39, 0.29) is 23.3 Å². The number of amides is 2. The highest BCUT2D eigenvalue weighted by Gasteiger charge is 2.63. The van der Waals surface area contributed by atoms with E-state index in [4.69, 9.17) is 10.5 Å². The maximum absolute atomic E-state index is 13.2. The zero-order valence-corrected chi connectivity index (χ0v) is 17.3. The lowest BCUT2D eigenvalue weighted by molar-refractivity contribution is -0.179. The molecule has 6 heteroatoms. The fourth-order valence-electron chi connectivity index (χ4n) is 5.04. The highest BCUT2D eigenvalue weighted by Crippen LogP contribution is 2.50. The molecule has 27 heavy (non-hydrogen) atoms. The summed E-state index contributed by atoms with van der Waals surface area (Å²) in [5, 5.41) is 0. The summed E-state index contributed by atoms with van der Waals surface area (Å²) in [5.41, 5.74) is 5.34. The van der Waals surface area contributed by atoms with Crippen LogP contribution in [0.1, 0.15) is 65.7 Å². The smallest absolute Gasteiger partial charge is 0.243 e. The zero-order valence-electron chi connectivity index (χ0n) is 17.3. The Kier molecular flexibility index (Phi) is 6.16. The minimum absolute atomic E-state index is 0.0218. The van der Waals surface area contributed by atoms with Gasteiger partial charge in [-0.25, -0.2) is 0 Å². The number of nitrogens with zero attached hydrogens (tertiary/aromatic N) is 2. The maximum Gasteiger partial charge on any atom is 0.243 e. The Balaban J connectivity index is 1.56. The van der Waals surface area contributed by atoms with E-state index in [1.165, 1.54) is 25.7 Å². The molecule has 3 aliphatic rings. The van der Waals surface area contributed by atoms with E-state index in [9.17, 15) is 9.59 Å². The van der Waals surface area contributed by atoms with Gasteiger partial charge in [0.05, 0.1) is 6.10 Å². The number of carbonyl (C=O) groups excluding carboxylic acids is 2. The summed E-state index contributed by atoms with van der Waals surface area (Å²) in [4.78, 5) is 29.7. The van der Waals surface area contributed by atoms with Gasteiger partial charge in [-0.05, 0) is 32.1 Å². The van der Waals surface area contributed by atoms with E-state index in [2.05, 4.69) is 0 Å². The maximum atomic E-state index is 13.2. The van der Waals surface area contributed by atoms with Gasteiger partial charge in [0.15, 0.2) is 0 Å². The molecule has 154 valence electrons. The van der Waals surface area contributed by atoms with Crippen molar-refractivity contribution in [2.45, 2.75) is 77.4 Å². The second-order valence-corrected chi connectivity index (χ2v) is 9.22. The van der Waals surface area contributed by atoms with Crippen LogP contribution in [0.25, 0.3) is 0 Å². The summed E-state index contributed by atoms with van der Waals surface area (Å²) in [6.07, 6.45) is 7.02. The molecule has 2 unspecified atom stereocenters. The standard InChI is InChI=1S/C21H37N3O3/c1-4-27-17-15-21(22,20(17,2)3)19(26)24-11-7-10-23(12-13-24)18(25)14-16-8-5-6-9-16/h16-17H,4-15,22H2,1-3H3. The van der Waals surface area contributed by atoms with Gasteiger partial charge in [0.1, 0.15) is 5.54 Å². The van der Waals surface area contributed by atoms with Crippen LogP contribution in [0.5, 0.6) is 0 Å². The fraction of sp³-hybridized carbons (Fsp3) is 0.905. The molecule has 0 aromatic carbocycles. The van der Waals surface area contributed by atoms with Gasteiger partial charge >= 0.3 is 0 Å². The molecule has 0 aromatic rings. The van der Waals surface area contributed by atoms with Crippen molar-refractivity contribution in [3.63, 3.8) is 0 Å². The Morgan fingerprint density at radius 3 is 2.30 bits per heavy atom. The third-order valence-electron chi connectivity index (χ3n) is 7.29. The van der Waals surface area contributed by atoms with E-state index < -0.39 is 5.54 Å². The predicted molar refractivity (Wildman–Crippen MR) is 105 cm³/mol. The van der Waals surface area contributed by atoms with Crippen molar-refractivity contribution in [3.8, 4) is 0 Å². The van der Waals surface area contributed by atoms with E-state index >= 15 is 0 Å². The van der Waals surface area contributed by atoms with Crippen molar-refractivity contribution in [1.82, 2.24) is 9.80 Å². The first-order valence-corrected chi connectivity index (χ1v) is 10.8. The van der Waals surface area contributed by atoms with Gasteiger partial charge in [0.2, 0.25) is 11.8 Å². The van der Waals surface area contributed by atoms with E-state index in [0.717, 1.165) is 13.0 Å². The number of nitrogens with two attached hydrogens (primary N) is 1. The summed E-state index contributed by atoms with van der Waals surface area (Å²) in [5.74, 6) is 0.852. The Morgan fingerprint density at radius 1 is 1.04 bits per heavy atom. The van der Waals surface area contributed by atoms with Crippen molar-refractivity contribution in [2.24, 2.45) is 17.1 Å². The molecule has 2 atom stereocenters. The largest absolute Gasteiger partial charge is 0.378 e. The first kappa shape index (κ1) is 20.6. The summed E-state index contributed by atoms with van der Waals surface area (Å²) in [7, 11) is 0. The number of hydrogen-bond acceptors (Lipinski definition) is 4. The summed E-state index contributed by atoms with van der Waals surface area (Å²) >= 11 is 0. The molecule has 2 saturated carbocycles. The molecule has 2 aliphatic carbocycles. The molecule has 0 radical (unpaired) electrons. The molecule has 6 nitrogen and oxygen atoms in total. The third kappa shape index (κ3) is 3.88. The van der Waals surface area contributed by atoms with Crippen LogP contribution in [-0.2, 0) is 14.3 Å². The Bertz CT molecular complexity index is 559. The summed E-state index contributed by atoms with van der Waals surface area (Å²) < 4.78 is 5.76. The second-order valence-electron chi connectivity index (χ2n) is 9.22. The van der Waals surface area contributed by atoms with Gasteiger partial charge in [-0.1, -0.05) is 26.7 Å². The van der Waals surface area contributed by atoms with Gasteiger partial charge in [-0.2, -0.15) is 0 Å². The van der Waals surface area contributed by atoms with Crippen molar-refractivity contribution in [3.05, 3.63) is 0 Å². The van der Waals surface area contributed by atoms with Crippen LogP contribution in [0.4, 0.5) is 0 Å². The number of ether oxygens (including phenoxy) is 1. The van der Waals surface area contributed by atoms with Crippen LogP contribution >= 0.6 is 0 Å². The van der Waals surface area contributed by atoms with Crippen LogP contribution in [0.15, 0.2) is 0 Å². The molecule has 1 heterocycles. The quantitative estimate of drug-likeness (QED) is 0.794. The van der Waals surface area contributed by atoms with E-state index in [1.807, 2.05) is 30.6 Å². The minimum atomic E-state index is -0.865. The van der Waals surface area contributed by atoms with Gasteiger partial charge in [0, 0.05) is 51.0 Å². The molecule has 0 bridgehead atoms. The van der Waals surface area contributed by atoms with Gasteiger partial charge in [-0.3, -0.25) is 9.59 Å². The van der Waals surface area contributed by atoms with E-state index in [0.29, 0.717) is 45.0 Å². The molecule has 3 fully saturated rings. The topological polar surface area (TPSA) is 75.9 Å². The van der Waals surface area contributed by atoms with Crippen LogP contribution in [0.3, 0.4) is 0 Å². The van der Waals surface area contributed by atoms with Crippen molar-refractivity contribution >= 4 is 11.8 Å². The molecule has 2 amide bonds.